The Morgan fingerprint density at radius 1 is 0.644 bits per heavy atom. The van der Waals surface area contributed by atoms with Crippen molar-refractivity contribution >= 4 is 21.8 Å². The van der Waals surface area contributed by atoms with Crippen molar-refractivity contribution in [3.8, 4) is 34.8 Å². The number of rotatable bonds is 5. The average Bonchev–Trinajstić information content (AvgIpc) is 3.86. The molecule has 0 radical (unpaired) electrons. The number of hydrogen-bond donors (Lipinski definition) is 0. The molecular weight excluding hydrogens is 550 g/mol. The highest BCUT2D eigenvalue weighted by Gasteiger charge is 2.26. The zero-order valence-electron chi connectivity index (χ0n) is 26.1. The van der Waals surface area contributed by atoms with Crippen LogP contribution in [0.4, 0.5) is 0 Å². The van der Waals surface area contributed by atoms with E-state index >= 15 is 0 Å². The molecular formula is C40H37N5. The van der Waals surface area contributed by atoms with E-state index in [1.165, 1.54) is 84.4 Å². The van der Waals surface area contributed by atoms with Crippen molar-refractivity contribution < 1.29 is 0 Å². The fourth-order valence-corrected chi connectivity index (χ4v) is 8.00. The Morgan fingerprint density at radius 2 is 1.18 bits per heavy atom. The number of benzene rings is 4. The standard InChI is InChI=1S/C40H37N5/c1-25-20-36-34(22-32(25)27-12-6-7-13-27)35-23-33(28-14-8-9-15-28)26(2)21-37(35)45(36)40-43-38(29-16-4-3-5-17-29)42-39(44-40)31-19-11-10-18-30(31)24-41/h3-5,10-11,16-23,27-28H,6-9,12-15H2,1-2H3. The van der Waals surface area contributed by atoms with Gasteiger partial charge in [0.1, 0.15) is 0 Å². The minimum absolute atomic E-state index is 0.504. The van der Waals surface area contributed by atoms with Crippen LogP contribution in [0.1, 0.15) is 91.0 Å². The van der Waals surface area contributed by atoms with Crippen LogP contribution in [-0.2, 0) is 0 Å². The molecule has 2 heterocycles. The van der Waals surface area contributed by atoms with Gasteiger partial charge in [-0.2, -0.15) is 15.2 Å². The van der Waals surface area contributed by atoms with Crippen molar-refractivity contribution in [3.63, 3.8) is 0 Å². The largest absolute Gasteiger partial charge is 0.278 e. The van der Waals surface area contributed by atoms with Crippen LogP contribution in [-0.4, -0.2) is 19.5 Å². The summed E-state index contributed by atoms with van der Waals surface area (Å²) in [5, 5.41) is 12.5. The summed E-state index contributed by atoms with van der Waals surface area (Å²) < 4.78 is 2.24. The summed E-state index contributed by atoms with van der Waals surface area (Å²) in [6.07, 6.45) is 10.3. The van der Waals surface area contributed by atoms with Gasteiger partial charge in [0.25, 0.3) is 0 Å². The van der Waals surface area contributed by atoms with Crippen molar-refractivity contribution in [2.24, 2.45) is 0 Å². The average molecular weight is 588 g/mol. The first kappa shape index (κ1) is 27.7. The maximum absolute atomic E-state index is 9.97. The maximum Gasteiger partial charge on any atom is 0.238 e. The Labute approximate surface area is 264 Å². The van der Waals surface area contributed by atoms with E-state index in [2.05, 4.69) is 48.7 Å². The van der Waals surface area contributed by atoms with E-state index in [0.717, 1.165) is 16.6 Å². The second-order valence-corrected chi connectivity index (χ2v) is 13.1. The molecule has 8 rings (SSSR count). The fourth-order valence-electron chi connectivity index (χ4n) is 8.00. The van der Waals surface area contributed by atoms with Gasteiger partial charge in [-0.05, 0) is 110 Å². The SMILES string of the molecule is Cc1cc2c(cc1C1CCCC1)c1cc(C3CCCC3)c(C)cc1n2-c1nc(-c2ccccc2)nc(-c2ccccc2C#N)n1. The molecule has 2 fully saturated rings. The number of aryl methyl sites for hydroxylation is 2. The minimum atomic E-state index is 0.504. The van der Waals surface area contributed by atoms with Gasteiger partial charge >= 0.3 is 0 Å². The third-order valence-corrected chi connectivity index (χ3v) is 10.3. The Kier molecular flexibility index (Phi) is 6.94. The molecule has 0 aliphatic heterocycles. The van der Waals surface area contributed by atoms with Crippen molar-refractivity contribution in [2.75, 3.05) is 0 Å². The summed E-state index contributed by atoms with van der Waals surface area (Å²) >= 11 is 0. The second-order valence-electron chi connectivity index (χ2n) is 13.1. The normalized spacial score (nSPS) is 15.8. The van der Waals surface area contributed by atoms with Gasteiger partial charge in [-0.1, -0.05) is 68.1 Å². The summed E-state index contributed by atoms with van der Waals surface area (Å²) in [5.41, 5.74) is 10.1. The second kappa shape index (κ2) is 11.3. The predicted octanol–water partition coefficient (Wildman–Crippen LogP) is 10.1. The highest BCUT2D eigenvalue weighted by atomic mass is 15.2. The molecule has 0 N–H and O–H groups in total. The minimum Gasteiger partial charge on any atom is -0.278 e. The molecule has 2 saturated carbocycles. The zero-order valence-corrected chi connectivity index (χ0v) is 26.1. The molecule has 2 aromatic heterocycles. The lowest BCUT2D eigenvalue weighted by Gasteiger charge is -2.15. The molecule has 6 aromatic rings. The first-order valence-electron chi connectivity index (χ1n) is 16.5. The fraction of sp³-hybridized carbons (Fsp3) is 0.300. The van der Waals surface area contributed by atoms with E-state index in [1.807, 2.05) is 54.6 Å². The van der Waals surface area contributed by atoms with Crippen molar-refractivity contribution in [1.29, 1.82) is 5.26 Å². The quantitative estimate of drug-likeness (QED) is 0.201. The van der Waals surface area contributed by atoms with Gasteiger partial charge in [0.2, 0.25) is 5.95 Å². The monoisotopic (exact) mass is 587 g/mol. The number of hydrogen-bond acceptors (Lipinski definition) is 4. The van der Waals surface area contributed by atoms with Crippen molar-refractivity contribution in [3.05, 3.63) is 107 Å². The Morgan fingerprint density at radius 3 is 1.76 bits per heavy atom. The Bertz CT molecular complexity index is 2030. The van der Waals surface area contributed by atoms with Crippen LogP contribution in [0.2, 0.25) is 0 Å². The van der Waals surface area contributed by atoms with Crippen LogP contribution in [0.3, 0.4) is 0 Å². The van der Waals surface area contributed by atoms with Gasteiger partial charge in [0, 0.05) is 21.9 Å². The van der Waals surface area contributed by atoms with E-state index in [1.54, 1.807) is 0 Å². The molecule has 2 aliphatic rings. The molecule has 0 unspecified atom stereocenters. The molecule has 0 spiro atoms. The summed E-state index contributed by atoms with van der Waals surface area (Å²) in [6.45, 7) is 4.53. The highest BCUT2D eigenvalue weighted by molar-refractivity contribution is 6.10. The first-order valence-corrected chi connectivity index (χ1v) is 16.5. The molecule has 0 atom stereocenters. The topological polar surface area (TPSA) is 67.4 Å². The molecule has 5 heteroatoms. The lowest BCUT2D eigenvalue weighted by Crippen LogP contribution is -2.07. The van der Waals surface area contributed by atoms with E-state index in [9.17, 15) is 5.26 Å². The molecule has 0 saturated heterocycles. The highest BCUT2D eigenvalue weighted by Crippen LogP contribution is 2.43. The number of nitrogens with zero attached hydrogens (tertiary/aromatic N) is 5. The van der Waals surface area contributed by atoms with Crippen LogP contribution < -0.4 is 0 Å². The zero-order chi connectivity index (χ0) is 30.5. The Hall–Kier alpha value is -4.82. The van der Waals surface area contributed by atoms with Gasteiger partial charge in [-0.25, -0.2) is 4.98 Å². The molecule has 0 bridgehead atoms. The lowest BCUT2D eigenvalue weighted by molar-refractivity contribution is 0.719. The Balaban J connectivity index is 1.44. The number of fused-ring (bicyclic) bond motifs is 3. The lowest BCUT2D eigenvalue weighted by atomic mass is 9.90. The van der Waals surface area contributed by atoms with E-state index in [0.29, 0.717) is 40.6 Å². The third kappa shape index (κ3) is 4.80. The number of aromatic nitrogens is 4. The van der Waals surface area contributed by atoms with Crippen LogP contribution in [0.5, 0.6) is 0 Å². The van der Waals surface area contributed by atoms with Crippen molar-refractivity contribution in [2.45, 2.75) is 77.0 Å². The van der Waals surface area contributed by atoms with Crippen LogP contribution in [0.25, 0.3) is 50.5 Å². The molecule has 222 valence electrons. The maximum atomic E-state index is 9.97. The summed E-state index contributed by atoms with van der Waals surface area (Å²) in [7, 11) is 0. The predicted molar refractivity (Wildman–Crippen MR) is 182 cm³/mol. The van der Waals surface area contributed by atoms with Gasteiger partial charge in [0.05, 0.1) is 22.7 Å². The molecule has 0 amide bonds. The molecule has 4 aromatic carbocycles. The summed E-state index contributed by atoms with van der Waals surface area (Å²) in [4.78, 5) is 15.2. The third-order valence-electron chi connectivity index (χ3n) is 10.3. The molecule has 5 nitrogen and oxygen atoms in total. The molecule has 45 heavy (non-hydrogen) atoms. The van der Waals surface area contributed by atoms with Crippen molar-refractivity contribution in [1.82, 2.24) is 19.5 Å². The smallest absolute Gasteiger partial charge is 0.238 e. The molecule has 2 aliphatic carbocycles. The van der Waals surface area contributed by atoms with E-state index in [4.69, 9.17) is 15.0 Å². The number of nitriles is 1. The van der Waals surface area contributed by atoms with E-state index < -0.39 is 0 Å². The van der Waals surface area contributed by atoms with Gasteiger partial charge < -0.3 is 0 Å². The van der Waals surface area contributed by atoms with E-state index in [-0.39, 0.29) is 0 Å². The summed E-state index contributed by atoms with van der Waals surface area (Å²) in [5.74, 6) is 2.93. The van der Waals surface area contributed by atoms with Gasteiger partial charge in [-0.3, -0.25) is 4.57 Å². The van der Waals surface area contributed by atoms with Gasteiger partial charge in [0.15, 0.2) is 11.6 Å². The first-order chi connectivity index (χ1) is 22.1. The van der Waals surface area contributed by atoms with Crippen LogP contribution >= 0.6 is 0 Å². The van der Waals surface area contributed by atoms with Crippen LogP contribution in [0, 0.1) is 25.2 Å². The summed E-state index contributed by atoms with van der Waals surface area (Å²) in [6, 6.07) is 29.7. The van der Waals surface area contributed by atoms with Gasteiger partial charge in [-0.15, -0.1) is 0 Å². The van der Waals surface area contributed by atoms with Crippen LogP contribution in [0.15, 0.2) is 78.9 Å².